The molecule has 4 heteroatoms. The van der Waals surface area contributed by atoms with Crippen LogP contribution in [0.3, 0.4) is 0 Å². The third-order valence-electron chi connectivity index (χ3n) is 2.97. The molecule has 1 heterocycles. The van der Waals surface area contributed by atoms with Crippen LogP contribution in [-0.2, 0) is 16.1 Å². The molecule has 1 aromatic carbocycles. The predicted octanol–water partition coefficient (Wildman–Crippen LogP) is 1.51. The van der Waals surface area contributed by atoms with Crippen LogP contribution in [0.15, 0.2) is 30.3 Å². The van der Waals surface area contributed by atoms with Gasteiger partial charge >= 0.3 is 5.97 Å². The maximum atomic E-state index is 11.7. The Morgan fingerprint density at radius 2 is 2.06 bits per heavy atom. The molecule has 1 saturated heterocycles. The number of rotatable bonds is 4. The van der Waals surface area contributed by atoms with E-state index in [0.29, 0.717) is 19.5 Å². The molecule has 1 aliphatic rings. The van der Waals surface area contributed by atoms with Crippen molar-refractivity contribution in [1.29, 1.82) is 0 Å². The monoisotopic (exact) mass is 233 g/mol. The summed E-state index contributed by atoms with van der Waals surface area (Å²) in [5, 5.41) is 8.71. The first-order valence-corrected chi connectivity index (χ1v) is 5.68. The van der Waals surface area contributed by atoms with Crippen LogP contribution in [0.1, 0.15) is 18.4 Å². The fourth-order valence-corrected chi connectivity index (χ4v) is 2.19. The van der Waals surface area contributed by atoms with Gasteiger partial charge in [0.1, 0.15) is 0 Å². The Morgan fingerprint density at radius 3 is 2.71 bits per heavy atom. The third-order valence-corrected chi connectivity index (χ3v) is 2.97. The summed E-state index contributed by atoms with van der Waals surface area (Å²) in [5.74, 6) is -0.812. The second kappa shape index (κ2) is 4.99. The number of hydrogen-bond donors (Lipinski definition) is 1. The summed E-state index contributed by atoms with van der Waals surface area (Å²) in [7, 11) is 0. The van der Waals surface area contributed by atoms with Crippen molar-refractivity contribution in [1.82, 2.24) is 4.90 Å². The van der Waals surface area contributed by atoms with Crippen LogP contribution in [0, 0.1) is 5.92 Å². The minimum absolute atomic E-state index is 0.0382. The molecule has 0 aromatic heterocycles. The molecule has 0 aliphatic carbocycles. The normalized spacial score (nSPS) is 19.6. The van der Waals surface area contributed by atoms with Crippen LogP contribution in [0.5, 0.6) is 0 Å². The molecule has 1 unspecified atom stereocenters. The standard InChI is InChI=1S/C13H15NO3/c15-12-6-11(7-13(16)17)9-14(12)8-10-4-2-1-3-5-10/h1-5,11H,6-9H2,(H,16,17). The number of likely N-dealkylation sites (tertiary alicyclic amines) is 1. The van der Waals surface area contributed by atoms with Gasteiger partial charge in [0.15, 0.2) is 0 Å². The molecular formula is C13H15NO3. The maximum Gasteiger partial charge on any atom is 0.303 e. The molecular weight excluding hydrogens is 218 g/mol. The average Bonchev–Trinajstić information content (AvgIpc) is 2.59. The predicted molar refractivity (Wildman–Crippen MR) is 62.2 cm³/mol. The highest BCUT2D eigenvalue weighted by Crippen LogP contribution is 2.22. The molecule has 1 amide bonds. The average molecular weight is 233 g/mol. The van der Waals surface area contributed by atoms with Gasteiger partial charge in [-0.2, -0.15) is 0 Å². The van der Waals surface area contributed by atoms with Crippen molar-refractivity contribution in [3.8, 4) is 0 Å². The van der Waals surface area contributed by atoms with E-state index in [1.807, 2.05) is 30.3 Å². The Labute approximate surface area is 99.9 Å². The van der Waals surface area contributed by atoms with Crippen molar-refractivity contribution in [2.24, 2.45) is 5.92 Å². The zero-order chi connectivity index (χ0) is 12.3. The number of nitrogens with zero attached hydrogens (tertiary/aromatic N) is 1. The van der Waals surface area contributed by atoms with Crippen molar-refractivity contribution in [2.45, 2.75) is 19.4 Å². The minimum Gasteiger partial charge on any atom is -0.481 e. The van der Waals surface area contributed by atoms with E-state index >= 15 is 0 Å². The number of amides is 1. The molecule has 0 bridgehead atoms. The molecule has 0 saturated carbocycles. The van der Waals surface area contributed by atoms with E-state index in [-0.39, 0.29) is 18.2 Å². The summed E-state index contributed by atoms with van der Waals surface area (Å²) in [6.45, 7) is 1.13. The van der Waals surface area contributed by atoms with Crippen LogP contribution in [0.4, 0.5) is 0 Å². The molecule has 1 fully saturated rings. The van der Waals surface area contributed by atoms with Gasteiger partial charge in [0.05, 0.1) is 6.42 Å². The van der Waals surface area contributed by atoms with Gasteiger partial charge in [0.2, 0.25) is 5.91 Å². The number of benzene rings is 1. The van der Waals surface area contributed by atoms with Crippen LogP contribution < -0.4 is 0 Å². The highest BCUT2D eigenvalue weighted by atomic mass is 16.4. The Bertz CT molecular complexity index is 416. The topological polar surface area (TPSA) is 57.6 Å². The fourth-order valence-electron chi connectivity index (χ4n) is 2.19. The smallest absolute Gasteiger partial charge is 0.303 e. The second-order valence-corrected chi connectivity index (χ2v) is 4.43. The van der Waals surface area contributed by atoms with E-state index in [2.05, 4.69) is 0 Å². The highest BCUT2D eigenvalue weighted by Gasteiger charge is 2.30. The molecule has 0 radical (unpaired) electrons. The number of carbonyl (C=O) groups excluding carboxylic acids is 1. The van der Waals surface area contributed by atoms with E-state index in [4.69, 9.17) is 5.11 Å². The number of hydrogen-bond acceptors (Lipinski definition) is 2. The molecule has 1 atom stereocenters. The molecule has 0 spiro atoms. The number of aliphatic carboxylic acids is 1. The number of carboxylic acids is 1. The van der Waals surface area contributed by atoms with Gasteiger partial charge in [-0.05, 0) is 11.5 Å². The zero-order valence-electron chi connectivity index (χ0n) is 9.50. The summed E-state index contributed by atoms with van der Waals surface area (Å²) in [6, 6.07) is 9.74. The van der Waals surface area contributed by atoms with E-state index in [1.165, 1.54) is 0 Å². The summed E-state index contributed by atoms with van der Waals surface area (Å²) in [5.41, 5.74) is 1.08. The van der Waals surface area contributed by atoms with Gasteiger partial charge in [0.25, 0.3) is 0 Å². The lowest BCUT2D eigenvalue weighted by Gasteiger charge is -2.16. The molecule has 90 valence electrons. The summed E-state index contributed by atoms with van der Waals surface area (Å²) in [6.07, 6.45) is 0.441. The Kier molecular flexibility index (Phi) is 3.42. The SMILES string of the molecule is O=C(O)CC1CC(=O)N(Cc2ccccc2)C1. The quantitative estimate of drug-likeness (QED) is 0.857. The van der Waals surface area contributed by atoms with Gasteiger partial charge in [-0.3, -0.25) is 9.59 Å². The third kappa shape index (κ3) is 3.06. The van der Waals surface area contributed by atoms with E-state index < -0.39 is 5.97 Å². The van der Waals surface area contributed by atoms with Gasteiger partial charge in [-0.1, -0.05) is 30.3 Å². The van der Waals surface area contributed by atoms with Crippen LogP contribution in [0.25, 0.3) is 0 Å². The van der Waals surface area contributed by atoms with E-state index in [9.17, 15) is 9.59 Å². The molecule has 1 aliphatic heterocycles. The Morgan fingerprint density at radius 1 is 1.35 bits per heavy atom. The van der Waals surface area contributed by atoms with Crippen LogP contribution in [-0.4, -0.2) is 28.4 Å². The Balaban J connectivity index is 1.95. The zero-order valence-corrected chi connectivity index (χ0v) is 9.50. The van der Waals surface area contributed by atoms with E-state index in [0.717, 1.165) is 5.56 Å². The molecule has 17 heavy (non-hydrogen) atoms. The lowest BCUT2D eigenvalue weighted by atomic mass is 10.1. The first-order valence-electron chi connectivity index (χ1n) is 5.68. The summed E-state index contributed by atoms with van der Waals surface area (Å²) in [4.78, 5) is 24.0. The first-order chi connectivity index (χ1) is 8.15. The maximum absolute atomic E-state index is 11.7. The lowest BCUT2D eigenvalue weighted by Crippen LogP contribution is -2.24. The van der Waals surface area contributed by atoms with Crippen molar-refractivity contribution < 1.29 is 14.7 Å². The van der Waals surface area contributed by atoms with Crippen molar-refractivity contribution in [2.75, 3.05) is 6.54 Å². The van der Waals surface area contributed by atoms with E-state index in [1.54, 1.807) is 4.90 Å². The molecule has 1 N–H and O–H groups in total. The van der Waals surface area contributed by atoms with Crippen LogP contribution in [0.2, 0.25) is 0 Å². The van der Waals surface area contributed by atoms with Gasteiger partial charge in [-0.15, -0.1) is 0 Å². The lowest BCUT2D eigenvalue weighted by molar-refractivity contribution is -0.138. The molecule has 2 rings (SSSR count). The second-order valence-electron chi connectivity index (χ2n) is 4.43. The van der Waals surface area contributed by atoms with Gasteiger partial charge in [0, 0.05) is 19.5 Å². The van der Waals surface area contributed by atoms with Crippen molar-refractivity contribution >= 4 is 11.9 Å². The largest absolute Gasteiger partial charge is 0.481 e. The van der Waals surface area contributed by atoms with Crippen molar-refractivity contribution in [3.05, 3.63) is 35.9 Å². The summed E-state index contributed by atoms with van der Waals surface area (Å²) >= 11 is 0. The van der Waals surface area contributed by atoms with Crippen molar-refractivity contribution in [3.63, 3.8) is 0 Å². The number of carboxylic acid groups (broad SMARTS) is 1. The van der Waals surface area contributed by atoms with Gasteiger partial charge < -0.3 is 10.0 Å². The molecule has 1 aromatic rings. The number of carbonyl (C=O) groups is 2. The van der Waals surface area contributed by atoms with Gasteiger partial charge in [-0.25, -0.2) is 0 Å². The van der Waals surface area contributed by atoms with Crippen LogP contribution >= 0.6 is 0 Å². The minimum atomic E-state index is -0.829. The first kappa shape index (κ1) is 11.6. The summed E-state index contributed by atoms with van der Waals surface area (Å²) < 4.78 is 0. The molecule has 4 nitrogen and oxygen atoms in total. The highest BCUT2D eigenvalue weighted by molar-refractivity contribution is 5.80. The Hall–Kier alpha value is -1.84. The fraction of sp³-hybridized carbons (Fsp3) is 0.385.